The van der Waals surface area contributed by atoms with Gasteiger partial charge in [0.15, 0.2) is 17.2 Å². The summed E-state index contributed by atoms with van der Waals surface area (Å²) in [4.78, 5) is 36.2. The van der Waals surface area contributed by atoms with E-state index in [9.17, 15) is 34.1 Å². The van der Waals surface area contributed by atoms with Crippen molar-refractivity contribution >= 4 is 0 Å². The van der Waals surface area contributed by atoms with E-state index in [1.165, 1.54) is 39.1 Å². The molecule has 0 radical (unpaired) electrons. The van der Waals surface area contributed by atoms with Crippen LogP contribution in [0.15, 0.2) is 38.8 Å². The van der Waals surface area contributed by atoms with Gasteiger partial charge >= 0.3 is 0 Å². The summed E-state index contributed by atoms with van der Waals surface area (Å²) in [5.41, 5.74) is -0.861. The summed E-state index contributed by atoms with van der Waals surface area (Å²) in [6.45, 7) is -0.909. The van der Waals surface area contributed by atoms with E-state index in [0.29, 0.717) is 11.4 Å². The molecule has 3 aromatic rings. The Morgan fingerprint density at radius 2 is 1.19 bits per heavy atom. The van der Waals surface area contributed by atoms with E-state index in [1.54, 1.807) is 14.1 Å². The maximum Gasteiger partial charge on any atom is 0.223 e. The van der Waals surface area contributed by atoms with Crippen LogP contribution in [0.4, 0.5) is 4.39 Å². The van der Waals surface area contributed by atoms with E-state index in [2.05, 4.69) is 0 Å². The first-order valence-electron chi connectivity index (χ1n) is 9.31. The quantitative estimate of drug-likeness (QED) is 0.542. The summed E-state index contributed by atoms with van der Waals surface area (Å²) in [6.07, 6.45) is 1.14. The van der Waals surface area contributed by atoms with E-state index in [0.717, 1.165) is 6.07 Å². The summed E-state index contributed by atoms with van der Waals surface area (Å²) < 4.78 is 17.6. The molecule has 0 aromatic carbocycles. The third kappa shape index (κ3) is 3.96. The summed E-state index contributed by atoms with van der Waals surface area (Å²) in [7, 11) is 4.68. The predicted octanol–water partition coefficient (Wildman–Crippen LogP) is 0.551. The first kappa shape index (κ1) is 21.9. The van der Waals surface area contributed by atoms with Gasteiger partial charge in [0.1, 0.15) is 6.67 Å². The van der Waals surface area contributed by atoms with Crippen molar-refractivity contribution in [2.45, 2.75) is 19.5 Å². The fourth-order valence-corrected chi connectivity index (χ4v) is 3.46. The molecule has 0 aliphatic heterocycles. The highest BCUT2D eigenvalue weighted by atomic mass is 19.1. The van der Waals surface area contributed by atoms with Crippen molar-refractivity contribution in [3.63, 3.8) is 0 Å². The summed E-state index contributed by atoms with van der Waals surface area (Å²) >= 11 is 0. The van der Waals surface area contributed by atoms with Crippen molar-refractivity contribution in [1.29, 1.82) is 0 Å². The minimum atomic E-state index is -0.909. The lowest BCUT2D eigenvalue weighted by atomic mass is 10.1. The minimum absolute atomic E-state index is 0.00708. The second kappa shape index (κ2) is 8.13. The molecule has 3 aromatic heterocycles. The van der Waals surface area contributed by atoms with Crippen molar-refractivity contribution in [2.75, 3.05) is 0 Å². The minimum Gasteiger partial charge on any atom is -0.503 e. The number of nitrogens with zero attached hydrogens (tertiary/aromatic N) is 3. The van der Waals surface area contributed by atoms with E-state index >= 15 is 0 Å². The zero-order valence-corrected chi connectivity index (χ0v) is 17.2. The molecule has 0 atom stereocenters. The zero-order chi connectivity index (χ0) is 23.0. The van der Waals surface area contributed by atoms with Gasteiger partial charge < -0.3 is 29.0 Å². The predicted molar refractivity (Wildman–Crippen MR) is 110 cm³/mol. The molecule has 0 fully saturated rings. The van der Waals surface area contributed by atoms with Gasteiger partial charge in [-0.05, 0) is 0 Å². The molecule has 3 rings (SSSR count). The van der Waals surface area contributed by atoms with Gasteiger partial charge in [0.2, 0.25) is 16.3 Å². The number of hydrogen-bond donors (Lipinski definition) is 3. The molecule has 164 valence electrons. The van der Waals surface area contributed by atoms with Crippen molar-refractivity contribution in [3.05, 3.63) is 83.5 Å². The number of aryl methyl sites for hydroxylation is 1. The van der Waals surface area contributed by atoms with Gasteiger partial charge in [-0.2, -0.15) is 0 Å². The van der Waals surface area contributed by atoms with Crippen LogP contribution in [0, 0.1) is 0 Å². The second-order valence-electron chi connectivity index (χ2n) is 7.32. The molecule has 0 aliphatic rings. The highest BCUT2D eigenvalue weighted by Gasteiger charge is 2.19. The van der Waals surface area contributed by atoms with Gasteiger partial charge in [-0.3, -0.25) is 14.4 Å². The van der Waals surface area contributed by atoms with Gasteiger partial charge in [0.25, 0.3) is 0 Å². The second-order valence-corrected chi connectivity index (χ2v) is 7.32. The van der Waals surface area contributed by atoms with Crippen LogP contribution in [-0.2, 0) is 40.7 Å². The molecule has 31 heavy (non-hydrogen) atoms. The Kier molecular flexibility index (Phi) is 5.74. The maximum absolute atomic E-state index is 13.2. The molecule has 0 spiro atoms. The first-order valence-corrected chi connectivity index (χ1v) is 9.31. The summed E-state index contributed by atoms with van der Waals surface area (Å²) in [6, 6.07) is 3.37. The average molecular weight is 431 g/mol. The number of hydrogen-bond acceptors (Lipinski definition) is 6. The highest BCUT2D eigenvalue weighted by molar-refractivity contribution is 5.37. The Bertz CT molecular complexity index is 1350. The number of aromatic hydroxyl groups is 3. The number of rotatable bonds is 5. The van der Waals surface area contributed by atoms with Crippen LogP contribution in [0.2, 0.25) is 0 Å². The van der Waals surface area contributed by atoms with Gasteiger partial charge in [0, 0.05) is 69.8 Å². The van der Waals surface area contributed by atoms with Gasteiger partial charge in [0.05, 0.1) is 17.1 Å². The SMILES string of the molecule is Cn1cc(O)c(=O)cc1Cc1c(O)c(=O)cc(Cc2c(O)c(=O)cc(CF)n2C)n1C. The fourth-order valence-electron chi connectivity index (χ4n) is 3.46. The molecule has 10 heteroatoms. The molecular formula is C21H22FN3O6. The Hall–Kier alpha value is -3.82. The van der Waals surface area contributed by atoms with Crippen LogP contribution in [0.25, 0.3) is 0 Å². The third-order valence-electron chi connectivity index (χ3n) is 5.43. The Balaban J connectivity index is 2.14. The number of aromatic nitrogens is 3. The smallest absolute Gasteiger partial charge is 0.223 e. The molecule has 0 saturated heterocycles. The Morgan fingerprint density at radius 3 is 1.74 bits per heavy atom. The molecule has 0 aliphatic carbocycles. The number of alkyl halides is 1. The molecule has 9 nitrogen and oxygen atoms in total. The van der Waals surface area contributed by atoms with Crippen LogP contribution in [0.3, 0.4) is 0 Å². The maximum atomic E-state index is 13.2. The van der Waals surface area contributed by atoms with Crippen molar-refractivity contribution in [1.82, 2.24) is 13.7 Å². The fraction of sp³-hybridized carbons (Fsp3) is 0.286. The average Bonchev–Trinajstić information content (AvgIpc) is 2.72. The number of pyridine rings is 3. The monoisotopic (exact) mass is 431 g/mol. The number of halogens is 1. The van der Waals surface area contributed by atoms with E-state index in [4.69, 9.17) is 0 Å². The van der Waals surface area contributed by atoms with Crippen LogP contribution in [-0.4, -0.2) is 29.0 Å². The van der Waals surface area contributed by atoms with Crippen LogP contribution >= 0.6 is 0 Å². The topological polar surface area (TPSA) is 127 Å². The molecule has 0 bridgehead atoms. The van der Waals surface area contributed by atoms with E-state index in [1.807, 2.05) is 0 Å². The van der Waals surface area contributed by atoms with Crippen molar-refractivity contribution in [3.8, 4) is 17.2 Å². The van der Waals surface area contributed by atoms with E-state index in [-0.39, 0.29) is 29.9 Å². The highest BCUT2D eigenvalue weighted by Crippen LogP contribution is 2.22. The molecule has 0 amide bonds. The lowest BCUT2D eigenvalue weighted by Gasteiger charge is -2.19. The molecule has 0 saturated carbocycles. The molecule has 3 heterocycles. The van der Waals surface area contributed by atoms with E-state index < -0.39 is 40.2 Å². The largest absolute Gasteiger partial charge is 0.503 e. The summed E-state index contributed by atoms with van der Waals surface area (Å²) in [5, 5.41) is 30.1. The van der Waals surface area contributed by atoms with Gasteiger partial charge in [-0.1, -0.05) is 0 Å². The normalized spacial score (nSPS) is 11.1. The van der Waals surface area contributed by atoms with Crippen LogP contribution in [0.5, 0.6) is 17.2 Å². The van der Waals surface area contributed by atoms with Crippen LogP contribution in [0.1, 0.15) is 28.5 Å². The standard InChI is InChI=1S/C21H22FN3O6/c1-23-10-19(29)16(26)6-11(23)4-14-20(30)17(27)7-12(24(14)2)5-15-21(31)18(28)8-13(9-22)25(15)3/h6-8,10,29-31H,4-5,9H2,1-3H3. The summed E-state index contributed by atoms with van der Waals surface area (Å²) in [5.74, 6) is -1.49. The molecular weight excluding hydrogens is 409 g/mol. The van der Waals surface area contributed by atoms with Crippen molar-refractivity contribution < 1.29 is 19.7 Å². The van der Waals surface area contributed by atoms with Gasteiger partial charge in [-0.15, -0.1) is 0 Å². The zero-order valence-electron chi connectivity index (χ0n) is 17.2. The Labute approximate surface area is 175 Å². The Morgan fingerprint density at radius 1 is 0.742 bits per heavy atom. The van der Waals surface area contributed by atoms with Gasteiger partial charge in [-0.25, -0.2) is 4.39 Å². The lowest BCUT2D eigenvalue weighted by molar-refractivity contribution is 0.432. The first-order chi connectivity index (χ1) is 14.5. The third-order valence-corrected chi connectivity index (χ3v) is 5.43. The molecule has 0 unspecified atom stereocenters. The van der Waals surface area contributed by atoms with Crippen LogP contribution < -0.4 is 16.3 Å². The molecule has 3 N–H and O–H groups in total. The lowest BCUT2D eigenvalue weighted by Crippen LogP contribution is -2.21. The van der Waals surface area contributed by atoms with Crippen molar-refractivity contribution in [2.24, 2.45) is 21.1 Å².